The molecule has 0 fully saturated rings. The van der Waals surface area contributed by atoms with Crippen LogP contribution in [0.1, 0.15) is 20.7 Å². The molecule has 0 saturated heterocycles. The van der Waals surface area contributed by atoms with Gasteiger partial charge in [-0.3, -0.25) is 9.78 Å². The van der Waals surface area contributed by atoms with Crippen molar-refractivity contribution in [3.8, 4) is 11.1 Å². The van der Waals surface area contributed by atoms with Gasteiger partial charge in [0.25, 0.3) is 5.91 Å². The second kappa shape index (κ2) is 7.46. The van der Waals surface area contributed by atoms with Gasteiger partial charge >= 0.3 is 5.97 Å². The largest absolute Gasteiger partial charge is 0.465 e. The van der Waals surface area contributed by atoms with Crippen molar-refractivity contribution < 1.29 is 14.3 Å². The number of pyridine rings is 1. The van der Waals surface area contributed by atoms with Crippen LogP contribution in [-0.4, -0.2) is 24.0 Å². The van der Waals surface area contributed by atoms with E-state index in [-0.39, 0.29) is 11.5 Å². The first-order chi connectivity index (χ1) is 12.1. The molecule has 0 radical (unpaired) electrons. The van der Waals surface area contributed by atoms with Crippen LogP contribution in [0.15, 0.2) is 54.2 Å². The Morgan fingerprint density at radius 3 is 2.52 bits per heavy atom. The van der Waals surface area contributed by atoms with E-state index in [9.17, 15) is 9.59 Å². The second-order valence-corrected chi connectivity index (χ2v) is 6.30. The van der Waals surface area contributed by atoms with E-state index < -0.39 is 5.97 Å². The molecular formula is C18H13ClN2O3S. The van der Waals surface area contributed by atoms with Gasteiger partial charge in [0.2, 0.25) is 0 Å². The van der Waals surface area contributed by atoms with Crippen LogP contribution in [-0.2, 0) is 4.74 Å². The third kappa shape index (κ3) is 3.55. The first kappa shape index (κ1) is 17.1. The van der Waals surface area contributed by atoms with E-state index >= 15 is 0 Å². The normalized spacial score (nSPS) is 10.3. The summed E-state index contributed by atoms with van der Waals surface area (Å²) in [5, 5.41) is 5.45. The van der Waals surface area contributed by atoms with Gasteiger partial charge in [-0.25, -0.2) is 4.79 Å². The molecule has 3 rings (SSSR count). The highest BCUT2D eigenvalue weighted by Crippen LogP contribution is 2.39. The second-order valence-electron chi connectivity index (χ2n) is 5.01. The summed E-state index contributed by atoms with van der Waals surface area (Å²) in [6.07, 6.45) is 3.06. The Bertz CT molecular complexity index is 925. The van der Waals surface area contributed by atoms with E-state index in [1.54, 1.807) is 23.6 Å². The zero-order valence-corrected chi connectivity index (χ0v) is 14.7. The fourth-order valence-electron chi connectivity index (χ4n) is 2.31. The van der Waals surface area contributed by atoms with Crippen molar-refractivity contribution in [3.63, 3.8) is 0 Å². The lowest BCUT2D eigenvalue weighted by Gasteiger charge is -2.08. The van der Waals surface area contributed by atoms with Gasteiger partial charge in [0, 0.05) is 39.5 Å². The van der Waals surface area contributed by atoms with Gasteiger partial charge < -0.3 is 10.1 Å². The minimum Gasteiger partial charge on any atom is -0.465 e. The molecule has 5 nitrogen and oxygen atoms in total. The van der Waals surface area contributed by atoms with Crippen molar-refractivity contribution in [2.75, 3.05) is 12.4 Å². The van der Waals surface area contributed by atoms with Crippen LogP contribution in [0.25, 0.3) is 11.1 Å². The SMILES string of the molecule is COC(=O)c1c(-c2ccccc2Cl)csc1NC(=O)c1ccncc1. The topological polar surface area (TPSA) is 68.3 Å². The Morgan fingerprint density at radius 1 is 1.12 bits per heavy atom. The first-order valence-electron chi connectivity index (χ1n) is 7.28. The van der Waals surface area contributed by atoms with Crippen molar-refractivity contribution in [2.45, 2.75) is 0 Å². The van der Waals surface area contributed by atoms with E-state index in [2.05, 4.69) is 10.3 Å². The molecule has 3 aromatic rings. The summed E-state index contributed by atoms with van der Waals surface area (Å²) >= 11 is 7.49. The molecule has 0 unspecified atom stereocenters. The van der Waals surface area contributed by atoms with Crippen LogP contribution in [0.3, 0.4) is 0 Å². The predicted octanol–water partition coefficient (Wildman–Crippen LogP) is 4.50. The first-order valence-corrected chi connectivity index (χ1v) is 8.53. The summed E-state index contributed by atoms with van der Waals surface area (Å²) in [4.78, 5) is 28.6. The van der Waals surface area contributed by atoms with Crippen molar-refractivity contribution in [3.05, 3.63) is 70.3 Å². The van der Waals surface area contributed by atoms with E-state index in [0.717, 1.165) is 0 Å². The number of nitrogens with zero attached hydrogens (tertiary/aromatic N) is 1. The molecule has 0 atom stereocenters. The lowest BCUT2D eigenvalue weighted by molar-refractivity contribution is 0.0603. The highest BCUT2D eigenvalue weighted by Gasteiger charge is 2.23. The van der Waals surface area contributed by atoms with Crippen LogP contribution < -0.4 is 5.32 Å². The number of amides is 1. The number of esters is 1. The van der Waals surface area contributed by atoms with Gasteiger partial charge in [-0.2, -0.15) is 0 Å². The fourth-order valence-corrected chi connectivity index (χ4v) is 3.49. The number of nitrogens with one attached hydrogen (secondary N) is 1. The monoisotopic (exact) mass is 372 g/mol. The molecule has 0 aliphatic carbocycles. The summed E-state index contributed by atoms with van der Waals surface area (Å²) in [5.41, 5.74) is 2.04. The maximum atomic E-state index is 12.4. The highest BCUT2D eigenvalue weighted by atomic mass is 35.5. The van der Waals surface area contributed by atoms with E-state index in [4.69, 9.17) is 16.3 Å². The molecule has 1 N–H and O–H groups in total. The third-order valence-electron chi connectivity index (χ3n) is 3.51. The number of rotatable bonds is 4. The molecule has 2 heterocycles. The Labute approximate surface area is 153 Å². The maximum Gasteiger partial charge on any atom is 0.341 e. The molecule has 0 aliphatic rings. The Balaban J connectivity index is 2.02. The number of hydrogen-bond acceptors (Lipinski definition) is 5. The van der Waals surface area contributed by atoms with Crippen LogP contribution in [0, 0.1) is 0 Å². The molecule has 7 heteroatoms. The Morgan fingerprint density at radius 2 is 1.84 bits per heavy atom. The molecule has 1 aromatic carbocycles. The molecule has 0 bridgehead atoms. The summed E-state index contributed by atoms with van der Waals surface area (Å²) in [6.45, 7) is 0. The molecule has 0 aliphatic heterocycles. The van der Waals surface area contributed by atoms with Gasteiger partial charge in [-0.1, -0.05) is 29.8 Å². The van der Waals surface area contributed by atoms with Gasteiger partial charge in [-0.15, -0.1) is 11.3 Å². The zero-order chi connectivity index (χ0) is 17.8. The van der Waals surface area contributed by atoms with Crippen LogP contribution in [0.5, 0.6) is 0 Å². The summed E-state index contributed by atoms with van der Waals surface area (Å²) in [6, 6.07) is 10.4. The molecule has 0 saturated carbocycles. The number of carbonyl (C=O) groups is 2. The lowest BCUT2D eigenvalue weighted by atomic mass is 10.0. The number of methoxy groups -OCH3 is 1. The van der Waals surface area contributed by atoms with Crippen LogP contribution in [0.2, 0.25) is 5.02 Å². The van der Waals surface area contributed by atoms with Crippen molar-refractivity contribution in [1.29, 1.82) is 0 Å². The van der Waals surface area contributed by atoms with Crippen molar-refractivity contribution >= 4 is 39.8 Å². The highest BCUT2D eigenvalue weighted by molar-refractivity contribution is 7.15. The quantitative estimate of drug-likeness (QED) is 0.684. The van der Waals surface area contributed by atoms with E-state index in [0.29, 0.717) is 26.7 Å². The number of ether oxygens (including phenoxy) is 1. The van der Waals surface area contributed by atoms with Crippen molar-refractivity contribution in [1.82, 2.24) is 4.98 Å². The lowest BCUT2D eigenvalue weighted by Crippen LogP contribution is -2.14. The molecule has 25 heavy (non-hydrogen) atoms. The minimum absolute atomic E-state index is 0.281. The number of halogens is 1. The number of hydrogen-bond donors (Lipinski definition) is 1. The molecule has 126 valence electrons. The summed E-state index contributed by atoms with van der Waals surface area (Å²) in [7, 11) is 1.30. The Kier molecular flexibility index (Phi) is 5.11. The predicted molar refractivity (Wildman–Crippen MR) is 98.3 cm³/mol. The van der Waals surface area contributed by atoms with Gasteiger partial charge in [0.1, 0.15) is 10.6 Å². The van der Waals surface area contributed by atoms with Gasteiger partial charge in [-0.05, 0) is 18.2 Å². The molecule has 1 amide bonds. The summed E-state index contributed by atoms with van der Waals surface area (Å²) in [5.74, 6) is -0.874. The smallest absolute Gasteiger partial charge is 0.341 e. The zero-order valence-electron chi connectivity index (χ0n) is 13.2. The van der Waals surface area contributed by atoms with Crippen molar-refractivity contribution in [2.24, 2.45) is 0 Å². The molecular weight excluding hydrogens is 360 g/mol. The maximum absolute atomic E-state index is 12.4. The third-order valence-corrected chi connectivity index (χ3v) is 4.74. The fraction of sp³-hybridized carbons (Fsp3) is 0.0556. The molecule has 2 aromatic heterocycles. The number of benzene rings is 1. The van der Waals surface area contributed by atoms with Gasteiger partial charge in [0.15, 0.2) is 0 Å². The van der Waals surface area contributed by atoms with Gasteiger partial charge in [0.05, 0.1) is 7.11 Å². The van der Waals surface area contributed by atoms with E-state index in [1.165, 1.54) is 30.8 Å². The molecule has 0 spiro atoms. The summed E-state index contributed by atoms with van der Waals surface area (Å²) < 4.78 is 4.89. The standard InChI is InChI=1S/C18H13ClN2O3S/c1-24-18(23)15-13(12-4-2-3-5-14(12)19)10-25-17(15)21-16(22)11-6-8-20-9-7-11/h2-10H,1H3,(H,21,22). The number of anilines is 1. The van der Waals surface area contributed by atoms with Crippen LogP contribution >= 0.6 is 22.9 Å². The Hall–Kier alpha value is -2.70. The number of aromatic nitrogens is 1. The average molecular weight is 373 g/mol. The average Bonchev–Trinajstić information content (AvgIpc) is 3.05. The number of carbonyl (C=O) groups excluding carboxylic acids is 2. The minimum atomic E-state index is -0.541. The number of thiophene rings is 1. The van der Waals surface area contributed by atoms with Crippen LogP contribution in [0.4, 0.5) is 5.00 Å². The van der Waals surface area contributed by atoms with E-state index in [1.807, 2.05) is 18.2 Å².